The summed E-state index contributed by atoms with van der Waals surface area (Å²) in [5, 5.41) is 0.375. The molecule has 0 bridgehead atoms. The van der Waals surface area contributed by atoms with Crippen LogP contribution in [0.1, 0.15) is 26.3 Å². The van der Waals surface area contributed by atoms with Crippen molar-refractivity contribution in [3.05, 3.63) is 57.6 Å². The van der Waals surface area contributed by atoms with Gasteiger partial charge in [-0.2, -0.15) is 8.42 Å². The summed E-state index contributed by atoms with van der Waals surface area (Å²) in [5.74, 6) is 0.242. The molecule has 0 N–H and O–H groups in total. The molecule has 0 radical (unpaired) electrons. The van der Waals surface area contributed by atoms with Crippen LogP contribution in [0, 0.1) is 0 Å². The highest BCUT2D eigenvalue weighted by atomic mass is 32.2. The van der Waals surface area contributed by atoms with Gasteiger partial charge in [0.05, 0.1) is 10.9 Å². The molecule has 1 aromatic heterocycles. The van der Waals surface area contributed by atoms with E-state index < -0.39 is 10.1 Å². The maximum absolute atomic E-state index is 12.5. The van der Waals surface area contributed by atoms with Gasteiger partial charge in [-0.25, -0.2) is 0 Å². The number of benzene rings is 2. The fourth-order valence-corrected chi connectivity index (χ4v) is 4.24. The van der Waals surface area contributed by atoms with Crippen molar-refractivity contribution in [1.82, 2.24) is 3.96 Å². The molecule has 0 spiro atoms. The molecule has 0 amide bonds. The van der Waals surface area contributed by atoms with E-state index in [0.717, 1.165) is 17.1 Å². The minimum absolute atomic E-state index is 0.0263. The van der Waals surface area contributed by atoms with Crippen molar-refractivity contribution in [1.29, 1.82) is 0 Å². The van der Waals surface area contributed by atoms with Gasteiger partial charge in [-0.15, -0.1) is 0 Å². The van der Waals surface area contributed by atoms with Crippen LogP contribution in [0.4, 0.5) is 0 Å². The molecule has 3 rings (SSSR count). The van der Waals surface area contributed by atoms with Crippen LogP contribution in [0.3, 0.4) is 0 Å². The van der Waals surface area contributed by atoms with E-state index in [-0.39, 0.29) is 20.8 Å². The van der Waals surface area contributed by atoms with E-state index in [9.17, 15) is 13.2 Å². The van der Waals surface area contributed by atoms with E-state index in [1.165, 1.54) is 12.1 Å². The number of fused-ring (bicyclic) bond motifs is 1. The van der Waals surface area contributed by atoms with Crippen molar-refractivity contribution in [2.75, 3.05) is 0 Å². The predicted molar refractivity (Wildman–Crippen MR) is 100 cm³/mol. The predicted octanol–water partition coefficient (Wildman–Crippen LogP) is 3.67. The smallest absolute Gasteiger partial charge is 0.339 e. The van der Waals surface area contributed by atoms with E-state index >= 15 is 0 Å². The number of rotatable bonds is 3. The molecule has 0 aliphatic carbocycles. The average Bonchev–Trinajstić information content (AvgIpc) is 2.81. The molecule has 0 saturated carbocycles. The molecule has 25 heavy (non-hydrogen) atoms. The molecule has 0 aliphatic rings. The molecular formula is C18H19NO4S2. The second kappa shape index (κ2) is 6.00. The Kier molecular flexibility index (Phi) is 4.25. The Bertz CT molecular complexity index is 1080. The van der Waals surface area contributed by atoms with Crippen LogP contribution >= 0.6 is 11.5 Å². The number of hydrogen-bond acceptors (Lipinski definition) is 5. The molecule has 2 aromatic carbocycles. The first kappa shape index (κ1) is 17.7. The zero-order valence-electron chi connectivity index (χ0n) is 14.4. The largest absolute Gasteiger partial charge is 0.379 e. The van der Waals surface area contributed by atoms with Gasteiger partial charge in [0.15, 0.2) is 0 Å². The Balaban J connectivity index is 1.94. The second-order valence-corrected chi connectivity index (χ2v) is 9.51. The van der Waals surface area contributed by atoms with E-state index in [1.807, 2.05) is 12.1 Å². The minimum atomic E-state index is -4.00. The van der Waals surface area contributed by atoms with Gasteiger partial charge in [-0.3, -0.25) is 8.75 Å². The van der Waals surface area contributed by atoms with Crippen LogP contribution in [0.5, 0.6) is 5.75 Å². The van der Waals surface area contributed by atoms with E-state index in [1.54, 1.807) is 29.2 Å². The van der Waals surface area contributed by atoms with E-state index in [0.29, 0.717) is 10.9 Å². The first-order valence-corrected chi connectivity index (χ1v) is 9.91. The van der Waals surface area contributed by atoms with Gasteiger partial charge < -0.3 is 4.18 Å². The fraction of sp³-hybridized carbons (Fsp3) is 0.278. The van der Waals surface area contributed by atoms with Gasteiger partial charge in [0.2, 0.25) is 0 Å². The maximum atomic E-state index is 12.5. The third kappa shape index (κ3) is 3.48. The van der Waals surface area contributed by atoms with Gasteiger partial charge in [0.1, 0.15) is 10.6 Å². The zero-order chi connectivity index (χ0) is 18.4. The lowest BCUT2D eigenvalue weighted by molar-refractivity contribution is 0.485. The average molecular weight is 377 g/mol. The summed E-state index contributed by atoms with van der Waals surface area (Å²) < 4.78 is 31.8. The van der Waals surface area contributed by atoms with Crippen molar-refractivity contribution in [2.24, 2.45) is 7.05 Å². The van der Waals surface area contributed by atoms with Gasteiger partial charge in [-0.05, 0) is 52.8 Å². The number of aromatic nitrogens is 1. The van der Waals surface area contributed by atoms with Crippen LogP contribution in [-0.2, 0) is 22.6 Å². The summed E-state index contributed by atoms with van der Waals surface area (Å²) in [7, 11) is -2.24. The topological polar surface area (TPSA) is 65.4 Å². The third-order valence-corrected chi connectivity index (χ3v) is 6.06. The first-order chi connectivity index (χ1) is 11.6. The fourth-order valence-electron chi connectivity index (χ4n) is 2.52. The monoisotopic (exact) mass is 377 g/mol. The molecule has 0 atom stereocenters. The molecule has 0 saturated heterocycles. The number of nitrogens with zero attached hydrogens (tertiary/aromatic N) is 1. The van der Waals surface area contributed by atoms with Crippen molar-refractivity contribution >= 4 is 32.6 Å². The van der Waals surface area contributed by atoms with E-state index in [2.05, 4.69) is 20.8 Å². The Morgan fingerprint density at radius 2 is 1.68 bits per heavy atom. The molecule has 3 aromatic rings. The Labute approximate surface area is 150 Å². The summed E-state index contributed by atoms with van der Waals surface area (Å²) in [5.41, 5.74) is 1.76. The summed E-state index contributed by atoms with van der Waals surface area (Å²) in [4.78, 5) is 11.9. The van der Waals surface area contributed by atoms with Gasteiger partial charge >= 0.3 is 10.1 Å². The number of aryl methyl sites for hydroxylation is 1. The van der Waals surface area contributed by atoms with Crippen molar-refractivity contribution in [2.45, 2.75) is 31.1 Å². The molecule has 5 nitrogen and oxygen atoms in total. The van der Waals surface area contributed by atoms with Crippen LogP contribution in [0.25, 0.3) is 10.9 Å². The van der Waals surface area contributed by atoms with Gasteiger partial charge in [-0.1, -0.05) is 32.9 Å². The molecule has 0 fully saturated rings. The normalized spacial score (nSPS) is 12.5. The zero-order valence-corrected chi connectivity index (χ0v) is 16.1. The van der Waals surface area contributed by atoms with Gasteiger partial charge in [0, 0.05) is 7.05 Å². The quantitative estimate of drug-likeness (QED) is 0.653. The first-order valence-electron chi connectivity index (χ1n) is 7.73. The third-order valence-electron chi connectivity index (χ3n) is 3.96. The molecular weight excluding hydrogens is 358 g/mol. The summed E-state index contributed by atoms with van der Waals surface area (Å²) in [6.45, 7) is 6.24. The molecule has 132 valence electrons. The Morgan fingerprint density at radius 3 is 2.28 bits per heavy atom. The highest BCUT2D eigenvalue weighted by Crippen LogP contribution is 2.26. The van der Waals surface area contributed by atoms with E-state index in [4.69, 9.17) is 4.18 Å². The van der Waals surface area contributed by atoms with Crippen LogP contribution in [0.2, 0.25) is 0 Å². The lowest BCUT2D eigenvalue weighted by Gasteiger charge is -2.19. The maximum Gasteiger partial charge on any atom is 0.339 e. The number of hydrogen-bond donors (Lipinski definition) is 0. The molecule has 7 heteroatoms. The molecule has 0 unspecified atom stereocenters. The van der Waals surface area contributed by atoms with Gasteiger partial charge in [0.25, 0.3) is 4.74 Å². The lowest BCUT2D eigenvalue weighted by atomic mass is 9.87. The second-order valence-electron chi connectivity index (χ2n) is 6.87. The Hall–Kier alpha value is -2.12. The summed E-state index contributed by atoms with van der Waals surface area (Å²) >= 11 is 1.04. The van der Waals surface area contributed by atoms with Crippen LogP contribution < -0.4 is 8.93 Å². The molecule has 0 aliphatic heterocycles. The standard InChI is InChI=1S/C18H19NO4S2/c1-18(2,3)12-5-7-13(8-6-12)23-25(21,22)14-9-10-16-15(11-14)17(20)24-19(16)4/h5-11H,1-4H3. The molecule has 1 heterocycles. The minimum Gasteiger partial charge on any atom is -0.379 e. The summed E-state index contributed by atoms with van der Waals surface area (Å²) in [6, 6.07) is 11.4. The van der Waals surface area contributed by atoms with Crippen LogP contribution in [0.15, 0.2) is 52.2 Å². The summed E-state index contributed by atoms with van der Waals surface area (Å²) in [6.07, 6.45) is 0. The lowest BCUT2D eigenvalue weighted by Crippen LogP contribution is -2.12. The Morgan fingerprint density at radius 1 is 1.04 bits per heavy atom. The van der Waals surface area contributed by atoms with Crippen molar-refractivity contribution in [3.8, 4) is 5.75 Å². The SMILES string of the molecule is Cn1sc(=O)c2cc(S(=O)(=O)Oc3ccc(C(C)(C)C)cc3)ccc21. The van der Waals surface area contributed by atoms with Crippen molar-refractivity contribution < 1.29 is 12.6 Å². The van der Waals surface area contributed by atoms with Crippen molar-refractivity contribution in [3.63, 3.8) is 0 Å². The highest BCUT2D eigenvalue weighted by Gasteiger charge is 2.20. The van der Waals surface area contributed by atoms with Crippen LogP contribution in [-0.4, -0.2) is 12.4 Å². The highest BCUT2D eigenvalue weighted by molar-refractivity contribution is 7.87.